The minimum atomic E-state index is -0.473. The highest BCUT2D eigenvalue weighted by molar-refractivity contribution is 5.93. The van der Waals surface area contributed by atoms with Crippen LogP contribution in [0.15, 0.2) is 18.2 Å². The molecule has 0 radical (unpaired) electrons. The van der Waals surface area contributed by atoms with Crippen LogP contribution in [-0.2, 0) is 14.3 Å². The highest BCUT2D eigenvalue weighted by atomic mass is 16.6. The van der Waals surface area contributed by atoms with Gasteiger partial charge in [0.25, 0.3) is 0 Å². The van der Waals surface area contributed by atoms with Crippen LogP contribution < -0.4 is 10.1 Å². The number of fused-ring (bicyclic) bond motifs is 3. The van der Waals surface area contributed by atoms with Gasteiger partial charge in [0.1, 0.15) is 18.0 Å². The number of likely N-dealkylation sites (N-methyl/N-ethyl adjacent to an activating group) is 1. The fourth-order valence-electron chi connectivity index (χ4n) is 5.26. The lowest BCUT2D eigenvalue weighted by atomic mass is 9.83. The van der Waals surface area contributed by atoms with Gasteiger partial charge in [-0.2, -0.15) is 0 Å². The number of nitrogens with zero attached hydrogens (tertiary/aromatic N) is 2. The van der Waals surface area contributed by atoms with Crippen molar-refractivity contribution in [3.05, 3.63) is 23.8 Å². The molecule has 0 spiro atoms. The Hall–Kier alpha value is -2.16. The second kappa shape index (κ2) is 9.00. The molecule has 8 heteroatoms. The third kappa shape index (κ3) is 4.23. The van der Waals surface area contributed by atoms with E-state index < -0.39 is 6.10 Å². The van der Waals surface area contributed by atoms with Crippen LogP contribution in [0.3, 0.4) is 0 Å². The van der Waals surface area contributed by atoms with Crippen LogP contribution in [-0.4, -0.2) is 84.9 Å². The highest BCUT2D eigenvalue weighted by Crippen LogP contribution is 2.47. The fraction of sp³-hybridized carbons (Fsp3) is 0.667. The van der Waals surface area contributed by atoms with Gasteiger partial charge in [-0.25, -0.2) is 0 Å². The maximum absolute atomic E-state index is 12.9. The van der Waals surface area contributed by atoms with E-state index in [1.54, 1.807) is 0 Å². The molecule has 4 atom stereocenters. The van der Waals surface area contributed by atoms with Gasteiger partial charge in [-0.05, 0) is 44.5 Å². The molecule has 1 aliphatic carbocycles. The Labute approximate surface area is 188 Å². The SMILES string of the molecule is CN1CCN(C(=O)C[C@H]2C[C@H]3c4cc(NC(=O)C5CCC5)ccc4O[C@H]3[C@H](CO)O2)CC1. The van der Waals surface area contributed by atoms with Crippen molar-refractivity contribution in [1.82, 2.24) is 9.80 Å². The number of aliphatic hydroxyl groups excluding tert-OH is 1. The molecule has 174 valence electrons. The number of amides is 2. The summed E-state index contributed by atoms with van der Waals surface area (Å²) in [4.78, 5) is 29.4. The molecule has 1 saturated carbocycles. The number of aliphatic hydroxyl groups is 1. The summed E-state index contributed by atoms with van der Waals surface area (Å²) in [6, 6.07) is 5.76. The Kier molecular flexibility index (Phi) is 6.09. The number of nitrogens with one attached hydrogen (secondary N) is 1. The van der Waals surface area contributed by atoms with E-state index >= 15 is 0 Å². The quantitative estimate of drug-likeness (QED) is 0.718. The average molecular weight is 444 g/mol. The van der Waals surface area contributed by atoms with E-state index in [0.29, 0.717) is 12.8 Å². The summed E-state index contributed by atoms with van der Waals surface area (Å²) in [6.45, 7) is 3.11. The summed E-state index contributed by atoms with van der Waals surface area (Å²) in [6.07, 6.45) is 3.01. The van der Waals surface area contributed by atoms with Crippen molar-refractivity contribution in [2.75, 3.05) is 45.2 Å². The molecule has 4 aliphatic rings. The van der Waals surface area contributed by atoms with Crippen LogP contribution in [0.4, 0.5) is 5.69 Å². The topological polar surface area (TPSA) is 91.3 Å². The van der Waals surface area contributed by atoms with Crippen molar-refractivity contribution in [3.63, 3.8) is 0 Å². The number of benzene rings is 1. The standard InChI is InChI=1S/C24H33N3O5/c1-26-7-9-27(10-8-26)22(29)13-17-12-19-18-11-16(25-24(30)15-3-2-4-15)5-6-20(18)32-23(19)21(14-28)31-17/h5-6,11,15,17,19,21,23,28H,2-4,7-10,12-14H2,1H3,(H,25,30)/t17-,19+,21+,23-/m1/s1. The molecule has 1 aromatic rings. The molecular formula is C24H33N3O5. The zero-order valence-corrected chi connectivity index (χ0v) is 18.7. The third-order valence-electron chi connectivity index (χ3n) is 7.50. The van der Waals surface area contributed by atoms with Crippen LogP contribution in [0.25, 0.3) is 0 Å². The molecule has 5 rings (SSSR count). The predicted octanol–water partition coefficient (Wildman–Crippen LogP) is 1.58. The number of hydrogen-bond acceptors (Lipinski definition) is 6. The second-order valence-corrected chi connectivity index (χ2v) is 9.66. The molecule has 0 unspecified atom stereocenters. The number of hydrogen-bond donors (Lipinski definition) is 2. The van der Waals surface area contributed by atoms with E-state index in [1.807, 2.05) is 23.1 Å². The van der Waals surface area contributed by atoms with Gasteiger partial charge in [0, 0.05) is 49.3 Å². The Morgan fingerprint density at radius 1 is 1.19 bits per heavy atom. The van der Waals surface area contributed by atoms with Gasteiger partial charge in [0.2, 0.25) is 11.8 Å². The minimum Gasteiger partial charge on any atom is -0.487 e. The normalized spacial score (nSPS) is 30.1. The van der Waals surface area contributed by atoms with Crippen molar-refractivity contribution in [3.8, 4) is 5.75 Å². The van der Waals surface area contributed by atoms with Crippen LogP contribution >= 0.6 is 0 Å². The zero-order chi connectivity index (χ0) is 22.2. The van der Waals surface area contributed by atoms with Crippen LogP contribution in [0.2, 0.25) is 0 Å². The molecule has 3 heterocycles. The molecule has 0 aromatic heterocycles. The molecule has 2 N–H and O–H groups in total. The molecule has 2 saturated heterocycles. The summed E-state index contributed by atoms with van der Waals surface area (Å²) in [7, 11) is 2.07. The van der Waals surface area contributed by atoms with Gasteiger partial charge in [0.05, 0.1) is 19.1 Å². The van der Waals surface area contributed by atoms with Crippen molar-refractivity contribution in [2.45, 2.75) is 56.3 Å². The maximum Gasteiger partial charge on any atom is 0.227 e. The third-order valence-corrected chi connectivity index (χ3v) is 7.50. The second-order valence-electron chi connectivity index (χ2n) is 9.66. The van der Waals surface area contributed by atoms with Gasteiger partial charge >= 0.3 is 0 Å². The summed E-state index contributed by atoms with van der Waals surface area (Å²) < 4.78 is 12.2. The Morgan fingerprint density at radius 2 is 1.97 bits per heavy atom. The minimum absolute atomic E-state index is 0.0294. The number of carbonyl (C=O) groups is 2. The van der Waals surface area contributed by atoms with Crippen molar-refractivity contribution in [2.24, 2.45) is 5.92 Å². The lowest BCUT2D eigenvalue weighted by Crippen LogP contribution is -2.50. The average Bonchev–Trinajstić information content (AvgIpc) is 3.10. The van der Waals surface area contributed by atoms with Gasteiger partial charge in [-0.1, -0.05) is 6.42 Å². The number of anilines is 1. The van der Waals surface area contributed by atoms with Gasteiger partial charge < -0.3 is 29.7 Å². The van der Waals surface area contributed by atoms with Crippen LogP contribution in [0.5, 0.6) is 5.75 Å². The Morgan fingerprint density at radius 3 is 2.66 bits per heavy atom. The first-order chi connectivity index (χ1) is 15.5. The number of carbonyl (C=O) groups excluding carboxylic acids is 2. The van der Waals surface area contributed by atoms with Gasteiger partial charge in [-0.3, -0.25) is 9.59 Å². The van der Waals surface area contributed by atoms with Crippen molar-refractivity contribution in [1.29, 1.82) is 0 Å². The van der Waals surface area contributed by atoms with Gasteiger partial charge in [-0.15, -0.1) is 0 Å². The van der Waals surface area contributed by atoms with Gasteiger partial charge in [0.15, 0.2) is 0 Å². The zero-order valence-electron chi connectivity index (χ0n) is 18.7. The first kappa shape index (κ1) is 21.7. The van der Waals surface area contributed by atoms with E-state index in [0.717, 1.165) is 62.4 Å². The van der Waals surface area contributed by atoms with E-state index in [1.165, 1.54) is 0 Å². The molecule has 1 aromatic carbocycles. The first-order valence-electron chi connectivity index (χ1n) is 11.9. The highest BCUT2D eigenvalue weighted by Gasteiger charge is 2.46. The smallest absolute Gasteiger partial charge is 0.227 e. The number of piperazine rings is 1. The van der Waals surface area contributed by atoms with E-state index in [-0.39, 0.29) is 42.5 Å². The molecular weight excluding hydrogens is 410 g/mol. The molecule has 3 aliphatic heterocycles. The fourth-order valence-corrected chi connectivity index (χ4v) is 5.26. The van der Waals surface area contributed by atoms with Crippen LogP contribution in [0, 0.1) is 5.92 Å². The summed E-state index contributed by atoms with van der Waals surface area (Å²) in [5, 5.41) is 13.0. The lowest BCUT2D eigenvalue weighted by molar-refractivity contribution is -0.150. The maximum atomic E-state index is 12.9. The number of rotatable bonds is 5. The molecule has 32 heavy (non-hydrogen) atoms. The van der Waals surface area contributed by atoms with Crippen LogP contribution in [0.1, 0.15) is 43.6 Å². The largest absolute Gasteiger partial charge is 0.487 e. The predicted molar refractivity (Wildman–Crippen MR) is 119 cm³/mol. The van der Waals surface area contributed by atoms with Crippen molar-refractivity contribution < 1.29 is 24.2 Å². The molecule has 0 bridgehead atoms. The lowest BCUT2D eigenvalue weighted by Gasteiger charge is -2.38. The Balaban J connectivity index is 1.28. The molecule has 3 fully saturated rings. The van der Waals surface area contributed by atoms with E-state index in [9.17, 15) is 14.7 Å². The summed E-state index contributed by atoms with van der Waals surface area (Å²) in [5.74, 6) is 1.12. The van der Waals surface area contributed by atoms with E-state index in [2.05, 4.69) is 17.3 Å². The first-order valence-corrected chi connectivity index (χ1v) is 11.9. The summed E-state index contributed by atoms with van der Waals surface area (Å²) >= 11 is 0. The summed E-state index contributed by atoms with van der Waals surface area (Å²) in [5.41, 5.74) is 1.81. The number of ether oxygens (including phenoxy) is 2. The van der Waals surface area contributed by atoms with E-state index in [4.69, 9.17) is 9.47 Å². The molecule has 8 nitrogen and oxygen atoms in total. The van der Waals surface area contributed by atoms with Crippen molar-refractivity contribution >= 4 is 17.5 Å². The Bertz CT molecular complexity index is 865. The monoisotopic (exact) mass is 443 g/mol. The molecule has 2 amide bonds.